The van der Waals surface area contributed by atoms with Crippen LogP contribution in [-0.4, -0.2) is 29.3 Å². The van der Waals surface area contributed by atoms with Crippen LogP contribution in [0.25, 0.3) is 6.08 Å². The fourth-order valence-corrected chi connectivity index (χ4v) is 3.44. The number of nitrogens with zero attached hydrogens (tertiary/aromatic N) is 1. The molecule has 1 aromatic carbocycles. The van der Waals surface area contributed by atoms with Gasteiger partial charge in [0.25, 0.3) is 0 Å². The van der Waals surface area contributed by atoms with Crippen LogP contribution < -0.4 is 0 Å². The number of aliphatic hydroxyl groups excluding tert-OH is 1. The average molecular weight is 313 g/mol. The molecule has 0 spiro atoms. The zero-order valence-corrected chi connectivity index (χ0v) is 14.2. The summed E-state index contributed by atoms with van der Waals surface area (Å²) in [5.74, 6) is 0.936. The number of hydrogen-bond donors (Lipinski definition) is 1. The zero-order chi connectivity index (χ0) is 16.3. The van der Waals surface area contributed by atoms with Gasteiger partial charge in [-0.15, -0.1) is 0 Å². The summed E-state index contributed by atoms with van der Waals surface area (Å²) in [5, 5.41) is 11.0. The summed E-state index contributed by atoms with van der Waals surface area (Å²) in [6.45, 7) is 4.70. The zero-order valence-electron chi connectivity index (χ0n) is 14.2. The summed E-state index contributed by atoms with van der Waals surface area (Å²) in [4.78, 5) is 4.70. The fraction of sp³-hybridized carbons (Fsp3) is 0.550. The molecule has 1 N–H and O–H groups in total. The van der Waals surface area contributed by atoms with Crippen LogP contribution >= 0.6 is 0 Å². The largest absolute Gasteiger partial charge is 0.475 e. The Balaban J connectivity index is 1.92. The molecule has 1 aliphatic heterocycles. The Labute approximate surface area is 139 Å². The lowest BCUT2D eigenvalue weighted by Crippen LogP contribution is -2.28. The minimum absolute atomic E-state index is 0.211. The molecule has 1 atom stereocenters. The number of aliphatic hydroxyl groups is 1. The van der Waals surface area contributed by atoms with Crippen LogP contribution in [0.2, 0.25) is 0 Å². The number of rotatable bonds is 4. The van der Waals surface area contributed by atoms with E-state index in [1.807, 2.05) is 36.4 Å². The summed E-state index contributed by atoms with van der Waals surface area (Å²) in [6.07, 6.45) is 7.42. The molecule has 1 unspecified atom stereocenters. The van der Waals surface area contributed by atoms with Gasteiger partial charge in [-0.05, 0) is 44.2 Å². The standard InChI is InChI=1S/C20H27NO2/c1-20(2)14-23-19(21-20)17(13-15-9-5-3-6-10-15)18(22)16-11-7-4-8-12-16/h3,5-6,9-10,13,16,18,22H,4,7-8,11-12,14H2,1-2H3/b17-13-. The van der Waals surface area contributed by atoms with Crippen LogP contribution in [0.4, 0.5) is 0 Å². The quantitative estimate of drug-likeness (QED) is 0.904. The molecule has 124 valence electrons. The van der Waals surface area contributed by atoms with Gasteiger partial charge in [-0.2, -0.15) is 0 Å². The monoisotopic (exact) mass is 313 g/mol. The van der Waals surface area contributed by atoms with Crippen molar-refractivity contribution in [1.29, 1.82) is 0 Å². The van der Waals surface area contributed by atoms with Crippen LogP contribution in [-0.2, 0) is 4.74 Å². The van der Waals surface area contributed by atoms with Crippen molar-refractivity contribution in [2.24, 2.45) is 10.9 Å². The van der Waals surface area contributed by atoms with Gasteiger partial charge in [0.15, 0.2) is 0 Å². The van der Waals surface area contributed by atoms with Gasteiger partial charge >= 0.3 is 0 Å². The maximum Gasteiger partial charge on any atom is 0.215 e. The molecule has 1 aliphatic carbocycles. The van der Waals surface area contributed by atoms with E-state index in [4.69, 9.17) is 9.73 Å². The van der Waals surface area contributed by atoms with E-state index in [2.05, 4.69) is 13.8 Å². The first kappa shape index (κ1) is 16.3. The van der Waals surface area contributed by atoms with Crippen LogP contribution in [0, 0.1) is 5.92 Å². The van der Waals surface area contributed by atoms with Crippen molar-refractivity contribution in [2.75, 3.05) is 6.61 Å². The van der Waals surface area contributed by atoms with Gasteiger partial charge in [0.05, 0.1) is 11.6 Å². The predicted molar refractivity (Wildman–Crippen MR) is 94.5 cm³/mol. The van der Waals surface area contributed by atoms with E-state index in [9.17, 15) is 5.11 Å². The Morgan fingerprint density at radius 1 is 1.22 bits per heavy atom. The van der Waals surface area contributed by atoms with Crippen molar-refractivity contribution >= 4 is 12.0 Å². The molecule has 2 aliphatic rings. The predicted octanol–water partition coefficient (Wildman–Crippen LogP) is 4.22. The van der Waals surface area contributed by atoms with Gasteiger partial charge in [-0.3, -0.25) is 0 Å². The van der Waals surface area contributed by atoms with Crippen molar-refractivity contribution in [3.63, 3.8) is 0 Å². The summed E-state index contributed by atoms with van der Waals surface area (Å²) in [7, 11) is 0. The normalized spacial score (nSPS) is 23.3. The third-order valence-corrected chi connectivity index (χ3v) is 4.75. The second-order valence-electron chi connectivity index (χ2n) is 7.37. The SMILES string of the molecule is CC1(C)COC(/C(=C\c2ccccc2)C(O)C2CCCCC2)=N1. The van der Waals surface area contributed by atoms with Crippen molar-refractivity contribution in [3.8, 4) is 0 Å². The molecule has 0 bridgehead atoms. The first-order chi connectivity index (χ1) is 11.1. The lowest BCUT2D eigenvalue weighted by atomic mass is 9.82. The molecule has 1 aromatic rings. The lowest BCUT2D eigenvalue weighted by Gasteiger charge is -2.28. The Morgan fingerprint density at radius 3 is 2.52 bits per heavy atom. The number of benzene rings is 1. The van der Waals surface area contributed by atoms with E-state index in [-0.39, 0.29) is 5.54 Å². The highest BCUT2D eigenvalue weighted by Gasteiger charge is 2.33. The van der Waals surface area contributed by atoms with E-state index in [0.29, 0.717) is 18.4 Å². The van der Waals surface area contributed by atoms with Gasteiger partial charge in [-0.25, -0.2) is 4.99 Å². The third-order valence-electron chi connectivity index (χ3n) is 4.75. The highest BCUT2D eigenvalue weighted by molar-refractivity contribution is 6.00. The molecule has 0 radical (unpaired) electrons. The van der Waals surface area contributed by atoms with E-state index in [1.165, 1.54) is 19.3 Å². The molecule has 3 heteroatoms. The van der Waals surface area contributed by atoms with Gasteiger partial charge < -0.3 is 9.84 Å². The minimum Gasteiger partial charge on any atom is -0.475 e. The number of ether oxygens (including phenoxy) is 1. The van der Waals surface area contributed by atoms with Crippen LogP contribution in [0.15, 0.2) is 40.9 Å². The second-order valence-corrected chi connectivity index (χ2v) is 7.37. The molecule has 0 amide bonds. The van der Waals surface area contributed by atoms with Gasteiger partial charge in [0.2, 0.25) is 5.90 Å². The van der Waals surface area contributed by atoms with E-state index < -0.39 is 6.10 Å². The van der Waals surface area contributed by atoms with Gasteiger partial charge in [-0.1, -0.05) is 49.6 Å². The Kier molecular flexibility index (Phi) is 4.86. The van der Waals surface area contributed by atoms with Crippen molar-refractivity contribution in [2.45, 2.75) is 57.6 Å². The maximum atomic E-state index is 11.0. The molecule has 3 nitrogen and oxygen atoms in total. The Morgan fingerprint density at radius 2 is 1.91 bits per heavy atom. The molecular weight excluding hydrogens is 286 g/mol. The van der Waals surface area contributed by atoms with Crippen LogP contribution in [0.3, 0.4) is 0 Å². The summed E-state index contributed by atoms with van der Waals surface area (Å²) in [6, 6.07) is 10.1. The summed E-state index contributed by atoms with van der Waals surface area (Å²) >= 11 is 0. The topological polar surface area (TPSA) is 41.8 Å². The molecule has 1 saturated carbocycles. The second kappa shape index (κ2) is 6.88. The highest BCUT2D eigenvalue weighted by Crippen LogP contribution is 2.32. The molecule has 3 rings (SSSR count). The number of aliphatic imine (C=N–C) groups is 1. The molecule has 0 saturated heterocycles. The van der Waals surface area contributed by atoms with Crippen LogP contribution in [0.1, 0.15) is 51.5 Å². The van der Waals surface area contributed by atoms with E-state index in [1.54, 1.807) is 0 Å². The first-order valence-corrected chi connectivity index (χ1v) is 8.73. The highest BCUT2D eigenvalue weighted by atomic mass is 16.5. The first-order valence-electron chi connectivity index (χ1n) is 8.73. The molecule has 1 heterocycles. The third kappa shape index (κ3) is 4.03. The summed E-state index contributed by atoms with van der Waals surface area (Å²) in [5.41, 5.74) is 1.71. The lowest BCUT2D eigenvalue weighted by molar-refractivity contribution is 0.118. The van der Waals surface area contributed by atoms with Gasteiger partial charge in [0, 0.05) is 5.57 Å². The molecule has 1 fully saturated rings. The summed E-state index contributed by atoms with van der Waals surface area (Å²) < 4.78 is 5.84. The van der Waals surface area contributed by atoms with Gasteiger partial charge in [0.1, 0.15) is 6.61 Å². The molecular formula is C20H27NO2. The van der Waals surface area contributed by atoms with Crippen LogP contribution in [0.5, 0.6) is 0 Å². The van der Waals surface area contributed by atoms with Crippen molar-refractivity contribution in [3.05, 3.63) is 41.5 Å². The smallest absolute Gasteiger partial charge is 0.215 e. The van der Waals surface area contributed by atoms with E-state index >= 15 is 0 Å². The average Bonchev–Trinajstić information content (AvgIpc) is 2.93. The molecule has 23 heavy (non-hydrogen) atoms. The fourth-order valence-electron chi connectivity index (χ4n) is 3.44. The van der Waals surface area contributed by atoms with Crippen molar-refractivity contribution < 1.29 is 9.84 Å². The maximum absolute atomic E-state index is 11.0. The Bertz CT molecular complexity index is 583. The number of hydrogen-bond acceptors (Lipinski definition) is 3. The van der Waals surface area contributed by atoms with Crippen molar-refractivity contribution in [1.82, 2.24) is 0 Å². The minimum atomic E-state index is -0.497. The van der Waals surface area contributed by atoms with E-state index in [0.717, 1.165) is 24.0 Å². The molecule has 0 aromatic heterocycles. The Hall–Kier alpha value is -1.61.